The highest BCUT2D eigenvalue weighted by molar-refractivity contribution is 6.27. The Morgan fingerprint density at radius 2 is 1.62 bits per heavy atom. The standard InChI is InChI=1S/C23H30N2O3.C2H2O4/c1-24(15-18-8-5-4-6-9-18)23(26)20-10-7-13-25(17-20)16-19-11-12-21(27-2)22(14-19)28-3;3-1(4)2(5)6/h4-6,8-9,11-12,14,20H,7,10,13,15-17H2,1-3H3;(H,3,4)(H,5,6). The van der Waals surface area contributed by atoms with Gasteiger partial charge < -0.3 is 24.6 Å². The molecule has 2 aromatic carbocycles. The second-order valence-corrected chi connectivity index (χ2v) is 8.05. The third-order valence-electron chi connectivity index (χ3n) is 5.53. The monoisotopic (exact) mass is 472 g/mol. The van der Waals surface area contributed by atoms with Gasteiger partial charge in [0.2, 0.25) is 5.91 Å². The molecule has 184 valence electrons. The van der Waals surface area contributed by atoms with Gasteiger partial charge in [0.25, 0.3) is 0 Å². The summed E-state index contributed by atoms with van der Waals surface area (Å²) >= 11 is 0. The van der Waals surface area contributed by atoms with Crippen LogP contribution >= 0.6 is 0 Å². The Hall–Kier alpha value is -3.59. The van der Waals surface area contributed by atoms with Crippen molar-refractivity contribution in [3.63, 3.8) is 0 Å². The number of amides is 1. The van der Waals surface area contributed by atoms with E-state index in [0.29, 0.717) is 6.54 Å². The first kappa shape index (κ1) is 26.7. The van der Waals surface area contributed by atoms with Gasteiger partial charge in [0, 0.05) is 26.7 Å². The van der Waals surface area contributed by atoms with E-state index in [1.54, 1.807) is 14.2 Å². The zero-order valence-corrected chi connectivity index (χ0v) is 19.8. The van der Waals surface area contributed by atoms with Crippen LogP contribution in [0.4, 0.5) is 0 Å². The minimum atomic E-state index is -1.82. The number of hydrogen-bond donors (Lipinski definition) is 2. The van der Waals surface area contributed by atoms with E-state index in [2.05, 4.69) is 23.1 Å². The molecule has 1 amide bonds. The number of carbonyl (C=O) groups is 3. The minimum Gasteiger partial charge on any atom is -0.493 e. The molecule has 9 heteroatoms. The van der Waals surface area contributed by atoms with Crippen molar-refractivity contribution in [3.8, 4) is 11.5 Å². The van der Waals surface area contributed by atoms with E-state index in [-0.39, 0.29) is 11.8 Å². The topological polar surface area (TPSA) is 117 Å². The summed E-state index contributed by atoms with van der Waals surface area (Å²) in [6.07, 6.45) is 2.00. The molecule has 2 N–H and O–H groups in total. The summed E-state index contributed by atoms with van der Waals surface area (Å²) in [4.78, 5) is 35.4. The number of nitrogens with zero attached hydrogens (tertiary/aromatic N) is 2. The number of hydrogen-bond acceptors (Lipinski definition) is 6. The van der Waals surface area contributed by atoms with Crippen molar-refractivity contribution in [2.45, 2.75) is 25.9 Å². The Morgan fingerprint density at radius 1 is 0.971 bits per heavy atom. The van der Waals surface area contributed by atoms with Gasteiger partial charge in [-0.15, -0.1) is 0 Å². The fourth-order valence-electron chi connectivity index (χ4n) is 3.88. The molecule has 0 aromatic heterocycles. The van der Waals surface area contributed by atoms with Crippen molar-refractivity contribution in [3.05, 3.63) is 59.7 Å². The second-order valence-electron chi connectivity index (χ2n) is 8.05. The van der Waals surface area contributed by atoms with Crippen molar-refractivity contribution in [1.29, 1.82) is 0 Å². The summed E-state index contributed by atoms with van der Waals surface area (Å²) in [7, 11) is 5.20. The van der Waals surface area contributed by atoms with Crippen molar-refractivity contribution in [2.24, 2.45) is 5.92 Å². The molecule has 1 saturated heterocycles. The first-order chi connectivity index (χ1) is 16.2. The molecule has 0 saturated carbocycles. The van der Waals surface area contributed by atoms with Crippen LogP contribution in [-0.2, 0) is 27.5 Å². The summed E-state index contributed by atoms with van der Waals surface area (Å²) in [5.41, 5.74) is 2.33. The van der Waals surface area contributed by atoms with E-state index in [9.17, 15) is 4.79 Å². The molecule has 1 heterocycles. The maximum atomic E-state index is 12.9. The predicted octanol–water partition coefficient (Wildman–Crippen LogP) is 2.73. The predicted molar refractivity (Wildman–Crippen MR) is 126 cm³/mol. The first-order valence-electron chi connectivity index (χ1n) is 10.9. The van der Waals surface area contributed by atoms with Crippen LogP contribution in [0.5, 0.6) is 11.5 Å². The maximum Gasteiger partial charge on any atom is 0.414 e. The van der Waals surface area contributed by atoms with Crippen LogP contribution in [0.2, 0.25) is 0 Å². The van der Waals surface area contributed by atoms with E-state index in [0.717, 1.165) is 49.5 Å². The van der Waals surface area contributed by atoms with Gasteiger partial charge in [-0.3, -0.25) is 9.69 Å². The van der Waals surface area contributed by atoms with Crippen molar-refractivity contribution in [2.75, 3.05) is 34.4 Å². The molecule has 1 aliphatic heterocycles. The van der Waals surface area contributed by atoms with Gasteiger partial charge in [0.1, 0.15) is 0 Å². The highest BCUT2D eigenvalue weighted by atomic mass is 16.5. The number of piperidine rings is 1. The van der Waals surface area contributed by atoms with E-state index in [1.165, 1.54) is 5.56 Å². The Bertz CT molecular complexity index is 953. The third-order valence-corrected chi connectivity index (χ3v) is 5.53. The number of benzene rings is 2. The second kappa shape index (κ2) is 13.2. The zero-order valence-electron chi connectivity index (χ0n) is 19.8. The molecule has 0 aliphatic carbocycles. The lowest BCUT2D eigenvalue weighted by molar-refractivity contribution is -0.159. The van der Waals surface area contributed by atoms with Crippen LogP contribution in [0, 0.1) is 5.92 Å². The smallest absolute Gasteiger partial charge is 0.414 e. The van der Waals surface area contributed by atoms with Crippen molar-refractivity contribution < 1.29 is 34.1 Å². The maximum absolute atomic E-state index is 12.9. The van der Waals surface area contributed by atoms with E-state index in [1.807, 2.05) is 42.3 Å². The number of likely N-dealkylation sites (tertiary alicyclic amines) is 1. The molecule has 1 unspecified atom stereocenters. The van der Waals surface area contributed by atoms with Crippen LogP contribution in [0.15, 0.2) is 48.5 Å². The summed E-state index contributed by atoms with van der Waals surface area (Å²) in [5.74, 6) is -1.87. The lowest BCUT2D eigenvalue weighted by atomic mass is 9.96. The molecular formula is C25H32N2O7. The summed E-state index contributed by atoms with van der Waals surface area (Å²) in [6, 6.07) is 16.2. The molecule has 0 radical (unpaired) electrons. The van der Waals surface area contributed by atoms with E-state index >= 15 is 0 Å². The average Bonchev–Trinajstić information content (AvgIpc) is 2.84. The number of methoxy groups -OCH3 is 2. The fourth-order valence-corrected chi connectivity index (χ4v) is 3.88. The number of aliphatic carboxylic acids is 2. The zero-order chi connectivity index (χ0) is 25.1. The third kappa shape index (κ3) is 8.08. The summed E-state index contributed by atoms with van der Waals surface area (Å²) < 4.78 is 10.7. The van der Waals surface area contributed by atoms with Crippen LogP contribution < -0.4 is 9.47 Å². The Morgan fingerprint density at radius 3 is 2.21 bits per heavy atom. The molecule has 1 atom stereocenters. The molecular weight excluding hydrogens is 440 g/mol. The molecule has 0 bridgehead atoms. The van der Waals surface area contributed by atoms with Gasteiger partial charge in [0.05, 0.1) is 20.1 Å². The molecule has 2 aromatic rings. The van der Waals surface area contributed by atoms with Gasteiger partial charge in [-0.05, 0) is 42.6 Å². The van der Waals surface area contributed by atoms with Gasteiger partial charge >= 0.3 is 11.9 Å². The number of ether oxygens (including phenoxy) is 2. The highest BCUT2D eigenvalue weighted by Gasteiger charge is 2.28. The molecule has 1 aliphatic rings. The number of rotatable bonds is 7. The number of carbonyl (C=O) groups excluding carboxylic acids is 1. The van der Waals surface area contributed by atoms with Crippen molar-refractivity contribution in [1.82, 2.24) is 9.80 Å². The minimum absolute atomic E-state index is 0.0580. The quantitative estimate of drug-likeness (QED) is 0.591. The van der Waals surface area contributed by atoms with Gasteiger partial charge in [-0.25, -0.2) is 9.59 Å². The molecule has 9 nitrogen and oxygen atoms in total. The Balaban J connectivity index is 0.000000604. The van der Waals surface area contributed by atoms with Crippen LogP contribution in [0.25, 0.3) is 0 Å². The average molecular weight is 473 g/mol. The summed E-state index contributed by atoms with van der Waals surface area (Å²) in [6.45, 7) is 3.28. The first-order valence-corrected chi connectivity index (χ1v) is 10.9. The van der Waals surface area contributed by atoms with Gasteiger partial charge in [0.15, 0.2) is 11.5 Å². The fraction of sp³-hybridized carbons (Fsp3) is 0.400. The lowest BCUT2D eigenvalue weighted by Crippen LogP contribution is -2.43. The van der Waals surface area contributed by atoms with Gasteiger partial charge in [-0.1, -0.05) is 36.4 Å². The lowest BCUT2D eigenvalue weighted by Gasteiger charge is -2.34. The Kier molecular flexibility index (Phi) is 10.3. The van der Waals surface area contributed by atoms with E-state index in [4.69, 9.17) is 29.3 Å². The largest absolute Gasteiger partial charge is 0.493 e. The molecule has 34 heavy (non-hydrogen) atoms. The van der Waals surface area contributed by atoms with Gasteiger partial charge in [-0.2, -0.15) is 0 Å². The van der Waals surface area contributed by atoms with Crippen LogP contribution in [-0.4, -0.2) is 72.2 Å². The number of carboxylic acids is 2. The highest BCUT2D eigenvalue weighted by Crippen LogP contribution is 2.29. The Labute approximate surface area is 199 Å². The SMILES string of the molecule is COc1ccc(CN2CCCC(C(=O)N(C)Cc3ccccc3)C2)cc1OC.O=C(O)C(=O)O. The normalized spacial score (nSPS) is 15.4. The van der Waals surface area contributed by atoms with Crippen molar-refractivity contribution >= 4 is 17.8 Å². The molecule has 0 spiro atoms. The van der Waals surface area contributed by atoms with Crippen LogP contribution in [0.3, 0.4) is 0 Å². The molecule has 1 fully saturated rings. The van der Waals surface area contributed by atoms with Crippen LogP contribution in [0.1, 0.15) is 24.0 Å². The number of carboxylic acid groups (broad SMARTS) is 2. The summed E-state index contributed by atoms with van der Waals surface area (Å²) in [5, 5.41) is 14.8. The van der Waals surface area contributed by atoms with E-state index < -0.39 is 11.9 Å². The molecule has 3 rings (SSSR count).